The first-order chi connectivity index (χ1) is 9.83. The molecular formula is C13H9ClFN3O2S. The molecule has 2 aromatic carbocycles. The fraction of sp³-hybridized carbons (Fsp3) is 0. The molecule has 2 aromatic rings. The number of halogens is 2. The standard InChI is InChI=1S/C13H9ClFN3O2S/c14-11-6-10(3-1-8(11)7-16)21(19,20)18-9-2-4-13(17)12(15)5-9/h1-6,18H,17H2. The summed E-state index contributed by atoms with van der Waals surface area (Å²) in [6.45, 7) is 0. The molecule has 0 aliphatic carbocycles. The maximum atomic E-state index is 13.3. The highest BCUT2D eigenvalue weighted by Crippen LogP contribution is 2.23. The number of nitrogen functional groups attached to an aromatic ring is 1. The topological polar surface area (TPSA) is 96.0 Å². The van der Waals surface area contributed by atoms with Crippen LogP contribution in [0.2, 0.25) is 5.02 Å². The molecule has 2 rings (SSSR count). The Morgan fingerprint density at radius 3 is 2.52 bits per heavy atom. The molecule has 0 heterocycles. The van der Waals surface area contributed by atoms with E-state index in [9.17, 15) is 12.8 Å². The quantitative estimate of drug-likeness (QED) is 0.848. The minimum atomic E-state index is -3.94. The third-order valence-electron chi connectivity index (χ3n) is 2.62. The van der Waals surface area contributed by atoms with Crippen LogP contribution in [-0.4, -0.2) is 8.42 Å². The van der Waals surface area contributed by atoms with Crippen molar-refractivity contribution in [1.29, 1.82) is 5.26 Å². The number of nitriles is 1. The van der Waals surface area contributed by atoms with E-state index in [0.717, 1.165) is 12.1 Å². The third-order valence-corrected chi connectivity index (χ3v) is 4.32. The number of anilines is 2. The maximum absolute atomic E-state index is 13.3. The van der Waals surface area contributed by atoms with Crippen molar-refractivity contribution in [1.82, 2.24) is 0 Å². The van der Waals surface area contributed by atoms with E-state index in [1.54, 1.807) is 0 Å². The highest BCUT2D eigenvalue weighted by Gasteiger charge is 2.16. The molecule has 0 atom stereocenters. The predicted octanol–water partition coefficient (Wildman–Crippen LogP) is 2.73. The summed E-state index contributed by atoms with van der Waals surface area (Å²) < 4.78 is 39.8. The van der Waals surface area contributed by atoms with Crippen molar-refractivity contribution in [2.75, 3.05) is 10.5 Å². The first-order valence-electron chi connectivity index (χ1n) is 5.61. The van der Waals surface area contributed by atoms with Crippen LogP contribution in [0, 0.1) is 17.1 Å². The van der Waals surface area contributed by atoms with Gasteiger partial charge in [-0.05, 0) is 30.3 Å². The van der Waals surface area contributed by atoms with Crippen molar-refractivity contribution in [3.8, 4) is 6.07 Å². The summed E-state index contributed by atoms with van der Waals surface area (Å²) in [5.41, 5.74) is 5.42. The molecule has 0 fully saturated rings. The zero-order valence-electron chi connectivity index (χ0n) is 10.5. The lowest BCUT2D eigenvalue weighted by atomic mass is 10.2. The Bertz CT molecular complexity index is 847. The van der Waals surface area contributed by atoms with Gasteiger partial charge in [-0.1, -0.05) is 11.6 Å². The van der Waals surface area contributed by atoms with Crippen molar-refractivity contribution in [3.63, 3.8) is 0 Å². The molecule has 0 radical (unpaired) electrons. The first-order valence-corrected chi connectivity index (χ1v) is 7.47. The number of hydrogen-bond donors (Lipinski definition) is 2. The molecule has 0 saturated carbocycles. The molecule has 3 N–H and O–H groups in total. The van der Waals surface area contributed by atoms with Gasteiger partial charge in [-0.25, -0.2) is 12.8 Å². The Labute approximate surface area is 125 Å². The van der Waals surface area contributed by atoms with Gasteiger partial charge in [0.15, 0.2) is 0 Å². The summed E-state index contributed by atoms with van der Waals surface area (Å²) in [5, 5.41) is 8.77. The number of nitrogens with zero attached hydrogens (tertiary/aromatic N) is 1. The smallest absolute Gasteiger partial charge is 0.261 e. The minimum absolute atomic E-state index is 0.0175. The lowest BCUT2D eigenvalue weighted by molar-refractivity contribution is 0.601. The molecule has 0 aromatic heterocycles. The van der Waals surface area contributed by atoms with E-state index in [4.69, 9.17) is 22.6 Å². The first kappa shape index (κ1) is 15.1. The van der Waals surface area contributed by atoms with Crippen LogP contribution in [-0.2, 0) is 10.0 Å². The maximum Gasteiger partial charge on any atom is 0.261 e. The highest BCUT2D eigenvalue weighted by atomic mass is 35.5. The second-order valence-electron chi connectivity index (χ2n) is 4.10. The number of benzene rings is 2. The molecule has 5 nitrogen and oxygen atoms in total. The van der Waals surface area contributed by atoms with E-state index in [1.165, 1.54) is 24.3 Å². The van der Waals surface area contributed by atoms with Gasteiger partial charge >= 0.3 is 0 Å². The fourth-order valence-corrected chi connectivity index (χ4v) is 2.92. The van der Waals surface area contributed by atoms with Gasteiger partial charge in [0.25, 0.3) is 10.0 Å². The van der Waals surface area contributed by atoms with Crippen LogP contribution >= 0.6 is 11.6 Å². The zero-order chi connectivity index (χ0) is 15.6. The second-order valence-corrected chi connectivity index (χ2v) is 6.18. The summed E-state index contributed by atoms with van der Waals surface area (Å²) in [5.74, 6) is -0.729. The summed E-state index contributed by atoms with van der Waals surface area (Å²) >= 11 is 5.79. The monoisotopic (exact) mass is 325 g/mol. The van der Waals surface area contributed by atoms with Crippen molar-refractivity contribution in [2.45, 2.75) is 4.90 Å². The van der Waals surface area contributed by atoms with Crippen LogP contribution in [0.3, 0.4) is 0 Å². The number of sulfonamides is 1. The Kier molecular flexibility index (Phi) is 4.02. The van der Waals surface area contributed by atoms with E-state index in [0.29, 0.717) is 0 Å². The molecular weight excluding hydrogens is 317 g/mol. The SMILES string of the molecule is N#Cc1ccc(S(=O)(=O)Nc2ccc(N)c(F)c2)cc1Cl. The van der Waals surface area contributed by atoms with Crippen molar-refractivity contribution >= 4 is 33.0 Å². The Balaban J connectivity index is 2.36. The van der Waals surface area contributed by atoms with Crippen LogP contribution in [0.25, 0.3) is 0 Å². The molecule has 0 unspecified atom stereocenters. The summed E-state index contributed by atoms with van der Waals surface area (Å²) in [4.78, 5) is -0.135. The van der Waals surface area contributed by atoms with E-state index >= 15 is 0 Å². The van der Waals surface area contributed by atoms with Gasteiger partial charge < -0.3 is 5.73 Å². The number of hydrogen-bond acceptors (Lipinski definition) is 4. The van der Waals surface area contributed by atoms with Crippen LogP contribution < -0.4 is 10.5 Å². The molecule has 0 aliphatic rings. The molecule has 0 saturated heterocycles. The van der Waals surface area contributed by atoms with Crippen molar-refractivity contribution < 1.29 is 12.8 Å². The largest absolute Gasteiger partial charge is 0.396 e. The molecule has 0 spiro atoms. The third kappa shape index (κ3) is 3.24. The fourth-order valence-electron chi connectivity index (χ4n) is 1.56. The van der Waals surface area contributed by atoms with Gasteiger partial charge in [0.1, 0.15) is 11.9 Å². The van der Waals surface area contributed by atoms with Gasteiger partial charge in [0.2, 0.25) is 0 Å². The van der Waals surface area contributed by atoms with Gasteiger partial charge in [-0.3, -0.25) is 4.72 Å². The van der Waals surface area contributed by atoms with Crippen molar-refractivity contribution in [2.24, 2.45) is 0 Å². The predicted molar refractivity (Wildman–Crippen MR) is 77.8 cm³/mol. The van der Waals surface area contributed by atoms with E-state index < -0.39 is 15.8 Å². The number of nitrogens with two attached hydrogens (primary N) is 1. The van der Waals surface area contributed by atoms with Crippen LogP contribution in [0.4, 0.5) is 15.8 Å². The van der Waals surface area contributed by atoms with Gasteiger partial charge in [-0.15, -0.1) is 0 Å². The lowest BCUT2D eigenvalue weighted by Gasteiger charge is -2.09. The summed E-state index contributed by atoms with van der Waals surface area (Å²) in [6, 6.07) is 9.06. The Morgan fingerprint density at radius 1 is 1.24 bits per heavy atom. The summed E-state index contributed by atoms with van der Waals surface area (Å²) in [6.07, 6.45) is 0. The second kappa shape index (κ2) is 5.60. The van der Waals surface area contributed by atoms with Crippen LogP contribution in [0.15, 0.2) is 41.3 Å². The lowest BCUT2D eigenvalue weighted by Crippen LogP contribution is -2.13. The van der Waals surface area contributed by atoms with Crippen molar-refractivity contribution in [3.05, 3.63) is 52.8 Å². The van der Waals surface area contributed by atoms with Crippen LogP contribution in [0.5, 0.6) is 0 Å². The van der Waals surface area contributed by atoms with Gasteiger partial charge in [0, 0.05) is 6.07 Å². The van der Waals surface area contributed by atoms with E-state index in [-0.39, 0.29) is 26.9 Å². The summed E-state index contributed by atoms with van der Waals surface area (Å²) in [7, 11) is -3.94. The molecule has 108 valence electrons. The Hall–Kier alpha value is -2.30. The highest BCUT2D eigenvalue weighted by molar-refractivity contribution is 7.92. The average Bonchev–Trinajstić information content (AvgIpc) is 2.42. The zero-order valence-corrected chi connectivity index (χ0v) is 12.0. The van der Waals surface area contributed by atoms with E-state index in [1.807, 2.05) is 6.07 Å². The number of nitrogens with one attached hydrogen (secondary N) is 1. The van der Waals surface area contributed by atoms with Crippen LogP contribution in [0.1, 0.15) is 5.56 Å². The van der Waals surface area contributed by atoms with Gasteiger partial charge in [-0.2, -0.15) is 5.26 Å². The van der Waals surface area contributed by atoms with E-state index in [2.05, 4.69) is 4.72 Å². The molecule has 0 amide bonds. The molecule has 21 heavy (non-hydrogen) atoms. The van der Waals surface area contributed by atoms with Gasteiger partial charge in [0.05, 0.1) is 26.9 Å². The molecule has 0 aliphatic heterocycles. The molecule has 8 heteroatoms. The normalized spacial score (nSPS) is 10.9. The minimum Gasteiger partial charge on any atom is -0.396 e. The Morgan fingerprint density at radius 2 is 1.95 bits per heavy atom. The number of rotatable bonds is 3. The average molecular weight is 326 g/mol. The molecule has 0 bridgehead atoms.